The number of nitrogens with one attached hydrogen (secondary N) is 1. The van der Waals surface area contributed by atoms with E-state index in [1.165, 1.54) is 0 Å². The highest BCUT2D eigenvalue weighted by Crippen LogP contribution is 1.98. The fraction of sp³-hybridized carbons (Fsp3) is 0.750. The molecule has 0 radical (unpaired) electrons. The number of hydrogen-bond acceptors (Lipinski definition) is 4. The van der Waals surface area contributed by atoms with E-state index in [1.54, 1.807) is 6.92 Å². The Bertz CT molecular complexity index is 208. The van der Waals surface area contributed by atoms with E-state index in [4.69, 9.17) is 15.9 Å². The average molecular weight is 204 g/mol. The Morgan fingerprint density at radius 1 is 1.50 bits per heavy atom. The third kappa shape index (κ3) is 4.78. The SMILES string of the molecule is CC(CN)CC(=O)N[C@@H](CO)C(=O)O. The minimum Gasteiger partial charge on any atom is -0.480 e. The van der Waals surface area contributed by atoms with E-state index in [1.807, 2.05) is 0 Å². The molecule has 0 aromatic carbocycles. The van der Waals surface area contributed by atoms with Crippen LogP contribution in [-0.2, 0) is 9.59 Å². The summed E-state index contributed by atoms with van der Waals surface area (Å²) in [5.74, 6) is -1.66. The third-order valence-electron chi connectivity index (χ3n) is 1.75. The van der Waals surface area contributed by atoms with E-state index in [0.29, 0.717) is 6.54 Å². The fourth-order valence-corrected chi connectivity index (χ4v) is 0.839. The maximum Gasteiger partial charge on any atom is 0.328 e. The van der Waals surface area contributed by atoms with Crippen molar-refractivity contribution in [2.45, 2.75) is 19.4 Å². The first-order chi connectivity index (χ1) is 6.51. The van der Waals surface area contributed by atoms with Crippen LogP contribution >= 0.6 is 0 Å². The maximum absolute atomic E-state index is 11.1. The highest BCUT2D eigenvalue weighted by molar-refractivity contribution is 5.83. The number of carboxylic acid groups (broad SMARTS) is 1. The molecule has 82 valence electrons. The topological polar surface area (TPSA) is 113 Å². The van der Waals surface area contributed by atoms with E-state index in [9.17, 15) is 9.59 Å². The summed E-state index contributed by atoms with van der Waals surface area (Å²) in [5.41, 5.74) is 5.30. The van der Waals surface area contributed by atoms with Crippen LogP contribution in [0.25, 0.3) is 0 Å². The maximum atomic E-state index is 11.1. The molecule has 6 nitrogen and oxygen atoms in total. The van der Waals surface area contributed by atoms with E-state index >= 15 is 0 Å². The molecule has 1 amide bonds. The minimum absolute atomic E-state index is 0.00291. The van der Waals surface area contributed by atoms with Crippen LogP contribution in [-0.4, -0.2) is 41.3 Å². The Balaban J connectivity index is 3.97. The second-order valence-corrected chi connectivity index (χ2v) is 3.19. The van der Waals surface area contributed by atoms with Gasteiger partial charge in [-0.05, 0) is 12.5 Å². The van der Waals surface area contributed by atoms with Crippen LogP contribution in [0.3, 0.4) is 0 Å². The van der Waals surface area contributed by atoms with Crippen LogP contribution in [0.5, 0.6) is 0 Å². The quantitative estimate of drug-likeness (QED) is 0.422. The number of amides is 1. The molecule has 0 aliphatic heterocycles. The molecule has 6 heteroatoms. The van der Waals surface area contributed by atoms with E-state index < -0.39 is 24.5 Å². The van der Waals surface area contributed by atoms with Crippen LogP contribution in [0, 0.1) is 5.92 Å². The minimum atomic E-state index is -1.25. The number of nitrogens with two attached hydrogens (primary N) is 1. The van der Waals surface area contributed by atoms with Crippen LogP contribution in [0.2, 0.25) is 0 Å². The van der Waals surface area contributed by atoms with Gasteiger partial charge in [-0.15, -0.1) is 0 Å². The third-order valence-corrected chi connectivity index (χ3v) is 1.75. The summed E-state index contributed by atoms with van der Waals surface area (Å²) in [6, 6.07) is -1.23. The lowest BCUT2D eigenvalue weighted by atomic mass is 10.1. The number of carboxylic acids is 1. The van der Waals surface area contributed by atoms with Crippen molar-refractivity contribution in [2.24, 2.45) is 11.7 Å². The number of rotatable bonds is 6. The van der Waals surface area contributed by atoms with Gasteiger partial charge in [0.05, 0.1) is 6.61 Å². The standard InChI is InChI=1S/C8H16N2O4/c1-5(3-9)2-7(12)10-6(4-11)8(13)14/h5-6,11H,2-4,9H2,1H3,(H,10,12)(H,13,14)/t5?,6-/m0/s1. The molecule has 14 heavy (non-hydrogen) atoms. The van der Waals surface area contributed by atoms with Gasteiger partial charge in [0.2, 0.25) is 5.91 Å². The second-order valence-electron chi connectivity index (χ2n) is 3.19. The largest absolute Gasteiger partial charge is 0.480 e. The Morgan fingerprint density at radius 2 is 2.07 bits per heavy atom. The summed E-state index contributed by atoms with van der Waals surface area (Å²) >= 11 is 0. The predicted octanol–water partition coefficient (Wildman–Crippen LogP) is -1.47. The fourth-order valence-electron chi connectivity index (χ4n) is 0.839. The van der Waals surface area contributed by atoms with Gasteiger partial charge in [-0.25, -0.2) is 4.79 Å². The first kappa shape index (κ1) is 12.9. The molecule has 0 spiro atoms. The number of aliphatic hydroxyl groups is 1. The number of aliphatic carboxylic acids is 1. The van der Waals surface area contributed by atoms with Crippen molar-refractivity contribution >= 4 is 11.9 Å². The molecule has 0 aliphatic carbocycles. The Kier molecular flexibility index (Phi) is 5.82. The summed E-state index contributed by atoms with van der Waals surface area (Å²) < 4.78 is 0. The Labute approximate surface area is 82.1 Å². The van der Waals surface area contributed by atoms with E-state index in [0.717, 1.165) is 0 Å². The molecule has 0 aliphatic rings. The summed E-state index contributed by atoms with van der Waals surface area (Å²) in [4.78, 5) is 21.6. The van der Waals surface area contributed by atoms with Crippen molar-refractivity contribution in [3.05, 3.63) is 0 Å². The molecular weight excluding hydrogens is 188 g/mol. The Morgan fingerprint density at radius 3 is 2.43 bits per heavy atom. The molecule has 5 N–H and O–H groups in total. The van der Waals surface area contributed by atoms with Crippen LogP contribution in [0.1, 0.15) is 13.3 Å². The smallest absolute Gasteiger partial charge is 0.328 e. The number of carbonyl (C=O) groups is 2. The lowest BCUT2D eigenvalue weighted by Crippen LogP contribution is -2.44. The zero-order valence-corrected chi connectivity index (χ0v) is 8.06. The van der Waals surface area contributed by atoms with Gasteiger partial charge in [0.25, 0.3) is 0 Å². The van der Waals surface area contributed by atoms with Crippen molar-refractivity contribution in [1.29, 1.82) is 0 Å². The monoisotopic (exact) mass is 204 g/mol. The number of aliphatic hydroxyl groups excluding tert-OH is 1. The van der Waals surface area contributed by atoms with Gasteiger partial charge in [0, 0.05) is 6.42 Å². The summed E-state index contributed by atoms with van der Waals surface area (Å²) in [6.07, 6.45) is 0.167. The van der Waals surface area contributed by atoms with Gasteiger partial charge in [-0.3, -0.25) is 4.79 Å². The van der Waals surface area contributed by atoms with Gasteiger partial charge >= 0.3 is 5.97 Å². The van der Waals surface area contributed by atoms with Crippen LogP contribution < -0.4 is 11.1 Å². The highest BCUT2D eigenvalue weighted by atomic mass is 16.4. The van der Waals surface area contributed by atoms with Crippen molar-refractivity contribution in [1.82, 2.24) is 5.32 Å². The lowest BCUT2D eigenvalue weighted by Gasteiger charge is -2.13. The predicted molar refractivity (Wildman–Crippen MR) is 49.5 cm³/mol. The summed E-state index contributed by atoms with van der Waals surface area (Å²) in [7, 11) is 0. The van der Waals surface area contributed by atoms with Crippen LogP contribution in [0.4, 0.5) is 0 Å². The van der Waals surface area contributed by atoms with Gasteiger partial charge in [-0.2, -0.15) is 0 Å². The highest BCUT2D eigenvalue weighted by Gasteiger charge is 2.19. The normalized spacial score (nSPS) is 14.5. The molecule has 0 saturated carbocycles. The molecule has 0 aromatic rings. The molecule has 0 fully saturated rings. The first-order valence-electron chi connectivity index (χ1n) is 4.34. The van der Waals surface area contributed by atoms with Crippen molar-refractivity contribution in [3.8, 4) is 0 Å². The molecule has 0 heterocycles. The van der Waals surface area contributed by atoms with E-state index in [2.05, 4.69) is 5.32 Å². The van der Waals surface area contributed by atoms with Gasteiger partial charge < -0.3 is 21.3 Å². The molecule has 0 bridgehead atoms. The Hall–Kier alpha value is -1.14. The number of hydrogen-bond donors (Lipinski definition) is 4. The average Bonchev–Trinajstić information content (AvgIpc) is 2.13. The van der Waals surface area contributed by atoms with Gasteiger partial charge in [0.15, 0.2) is 0 Å². The molecule has 0 rings (SSSR count). The molecule has 2 atom stereocenters. The van der Waals surface area contributed by atoms with Gasteiger partial charge in [0.1, 0.15) is 6.04 Å². The molecule has 1 unspecified atom stereocenters. The van der Waals surface area contributed by atoms with Crippen molar-refractivity contribution in [3.63, 3.8) is 0 Å². The van der Waals surface area contributed by atoms with Crippen molar-refractivity contribution < 1.29 is 19.8 Å². The molecule has 0 saturated heterocycles. The second kappa shape index (κ2) is 6.33. The summed E-state index contributed by atoms with van der Waals surface area (Å²) in [5, 5.41) is 19.3. The van der Waals surface area contributed by atoms with Crippen LogP contribution in [0.15, 0.2) is 0 Å². The zero-order valence-electron chi connectivity index (χ0n) is 8.06. The van der Waals surface area contributed by atoms with Crippen molar-refractivity contribution in [2.75, 3.05) is 13.2 Å². The lowest BCUT2D eigenvalue weighted by molar-refractivity contribution is -0.143. The first-order valence-corrected chi connectivity index (χ1v) is 4.34. The molecule has 0 aromatic heterocycles. The van der Waals surface area contributed by atoms with Gasteiger partial charge in [-0.1, -0.05) is 6.92 Å². The van der Waals surface area contributed by atoms with E-state index in [-0.39, 0.29) is 12.3 Å². The number of carbonyl (C=O) groups excluding carboxylic acids is 1. The zero-order chi connectivity index (χ0) is 11.1. The molecular formula is C8H16N2O4. The summed E-state index contributed by atoms with van der Waals surface area (Å²) in [6.45, 7) is 1.54.